The molecule has 0 aliphatic carbocycles. The van der Waals surface area contributed by atoms with Crippen molar-refractivity contribution in [3.63, 3.8) is 0 Å². The number of amides is 1. The van der Waals surface area contributed by atoms with Gasteiger partial charge in [0.25, 0.3) is 0 Å². The molecule has 28 heavy (non-hydrogen) atoms. The minimum Gasteiger partial charge on any atom is -0.491 e. The van der Waals surface area contributed by atoms with Crippen LogP contribution in [-0.2, 0) is 17.9 Å². The minimum atomic E-state index is -0.00109. The molecule has 1 heterocycles. The SMILES string of the molecule is CCC1CN(Cc2ccccc2OCCO)CCC(=O)N1Cc1ccccc1. The van der Waals surface area contributed by atoms with E-state index in [4.69, 9.17) is 9.84 Å². The normalized spacial score (nSPS) is 18.1. The first kappa shape index (κ1) is 20.4. The summed E-state index contributed by atoms with van der Waals surface area (Å²) in [7, 11) is 0. The van der Waals surface area contributed by atoms with E-state index in [0.717, 1.165) is 37.4 Å². The van der Waals surface area contributed by atoms with Gasteiger partial charge in [0.1, 0.15) is 12.4 Å². The second-order valence-corrected chi connectivity index (χ2v) is 7.23. The number of benzene rings is 2. The molecule has 1 saturated heterocycles. The smallest absolute Gasteiger partial charge is 0.224 e. The van der Waals surface area contributed by atoms with E-state index in [-0.39, 0.29) is 25.2 Å². The van der Waals surface area contributed by atoms with E-state index < -0.39 is 0 Å². The second-order valence-electron chi connectivity index (χ2n) is 7.23. The van der Waals surface area contributed by atoms with Gasteiger partial charge < -0.3 is 14.7 Å². The third kappa shape index (κ3) is 5.33. The van der Waals surface area contributed by atoms with Crippen LogP contribution >= 0.6 is 0 Å². The van der Waals surface area contributed by atoms with Gasteiger partial charge in [-0.25, -0.2) is 0 Å². The number of para-hydroxylation sites is 1. The Kier molecular flexibility index (Phi) is 7.46. The third-order valence-corrected chi connectivity index (χ3v) is 5.25. The number of aliphatic hydroxyl groups is 1. The Labute approximate surface area is 167 Å². The van der Waals surface area contributed by atoms with Gasteiger partial charge in [0, 0.05) is 44.2 Å². The Balaban J connectivity index is 1.71. The van der Waals surface area contributed by atoms with Crippen molar-refractivity contribution in [2.45, 2.75) is 38.9 Å². The lowest BCUT2D eigenvalue weighted by Crippen LogP contribution is -2.42. The van der Waals surface area contributed by atoms with Crippen LogP contribution in [0.2, 0.25) is 0 Å². The van der Waals surface area contributed by atoms with Crippen LogP contribution in [0.3, 0.4) is 0 Å². The zero-order valence-corrected chi connectivity index (χ0v) is 16.6. The molecule has 3 rings (SSSR count). The van der Waals surface area contributed by atoms with Crippen LogP contribution < -0.4 is 4.74 Å². The summed E-state index contributed by atoms with van der Waals surface area (Å²) in [5, 5.41) is 9.04. The number of hydrogen-bond donors (Lipinski definition) is 1. The number of carbonyl (C=O) groups excluding carboxylic acids is 1. The number of aliphatic hydroxyl groups excluding tert-OH is 1. The van der Waals surface area contributed by atoms with Crippen molar-refractivity contribution in [3.8, 4) is 5.75 Å². The van der Waals surface area contributed by atoms with E-state index in [9.17, 15) is 4.79 Å². The molecular formula is C23H30N2O3. The molecule has 2 aromatic carbocycles. The first-order valence-electron chi connectivity index (χ1n) is 10.1. The summed E-state index contributed by atoms with van der Waals surface area (Å²) in [4.78, 5) is 17.2. The molecule has 150 valence electrons. The predicted octanol–water partition coefficient (Wildman–Crippen LogP) is 3.07. The molecule has 5 nitrogen and oxygen atoms in total. The number of nitrogens with zero attached hydrogens (tertiary/aromatic N) is 2. The van der Waals surface area contributed by atoms with E-state index in [1.54, 1.807) is 0 Å². The third-order valence-electron chi connectivity index (χ3n) is 5.25. The Hall–Kier alpha value is -2.37. The Morgan fingerprint density at radius 3 is 2.57 bits per heavy atom. The van der Waals surface area contributed by atoms with Gasteiger partial charge in [-0.3, -0.25) is 9.69 Å². The standard InChI is InChI=1S/C23H30N2O3/c1-2-21-18-24(17-20-10-6-7-11-22(20)28-15-14-26)13-12-23(27)25(21)16-19-8-4-3-5-9-19/h3-11,21,26H,2,12-18H2,1H3. The summed E-state index contributed by atoms with van der Waals surface area (Å²) in [6.45, 7) is 5.44. The molecule has 1 amide bonds. The number of rotatable bonds is 8. The van der Waals surface area contributed by atoms with Gasteiger partial charge >= 0.3 is 0 Å². The number of ether oxygens (including phenoxy) is 1. The average Bonchev–Trinajstić information content (AvgIpc) is 2.87. The molecule has 0 aromatic heterocycles. The highest BCUT2D eigenvalue weighted by molar-refractivity contribution is 5.77. The fourth-order valence-corrected chi connectivity index (χ4v) is 3.75. The molecule has 1 fully saturated rings. The maximum atomic E-state index is 12.8. The highest BCUT2D eigenvalue weighted by atomic mass is 16.5. The monoisotopic (exact) mass is 382 g/mol. The van der Waals surface area contributed by atoms with Crippen molar-refractivity contribution >= 4 is 5.91 Å². The van der Waals surface area contributed by atoms with E-state index in [1.807, 2.05) is 41.3 Å². The zero-order chi connectivity index (χ0) is 19.8. The molecule has 0 spiro atoms. The fraction of sp³-hybridized carbons (Fsp3) is 0.435. The lowest BCUT2D eigenvalue weighted by Gasteiger charge is -2.31. The molecule has 0 bridgehead atoms. The van der Waals surface area contributed by atoms with E-state index >= 15 is 0 Å². The Morgan fingerprint density at radius 2 is 1.82 bits per heavy atom. The van der Waals surface area contributed by atoms with E-state index in [2.05, 4.69) is 30.0 Å². The molecule has 0 radical (unpaired) electrons. The summed E-state index contributed by atoms with van der Waals surface area (Å²) >= 11 is 0. The van der Waals surface area contributed by atoms with Crippen LogP contribution in [0.4, 0.5) is 0 Å². The molecule has 1 aliphatic rings. The zero-order valence-electron chi connectivity index (χ0n) is 16.6. The van der Waals surface area contributed by atoms with Gasteiger partial charge in [0.2, 0.25) is 5.91 Å². The van der Waals surface area contributed by atoms with Crippen molar-refractivity contribution < 1.29 is 14.6 Å². The van der Waals surface area contributed by atoms with Crippen molar-refractivity contribution in [3.05, 3.63) is 65.7 Å². The van der Waals surface area contributed by atoms with Gasteiger partial charge in [-0.2, -0.15) is 0 Å². The maximum absolute atomic E-state index is 12.8. The van der Waals surface area contributed by atoms with E-state index in [1.165, 1.54) is 5.56 Å². The first-order chi connectivity index (χ1) is 13.7. The van der Waals surface area contributed by atoms with Crippen molar-refractivity contribution in [2.24, 2.45) is 0 Å². The molecular weight excluding hydrogens is 352 g/mol. The van der Waals surface area contributed by atoms with Gasteiger partial charge in [-0.1, -0.05) is 55.5 Å². The van der Waals surface area contributed by atoms with E-state index in [0.29, 0.717) is 13.0 Å². The maximum Gasteiger partial charge on any atom is 0.224 e. The molecule has 1 atom stereocenters. The predicted molar refractivity (Wildman–Crippen MR) is 110 cm³/mol. The van der Waals surface area contributed by atoms with Crippen LogP contribution in [0.5, 0.6) is 5.75 Å². The number of carbonyl (C=O) groups is 1. The lowest BCUT2D eigenvalue weighted by molar-refractivity contribution is -0.133. The number of hydrogen-bond acceptors (Lipinski definition) is 4. The minimum absolute atomic E-state index is 0.00109. The van der Waals surface area contributed by atoms with Crippen molar-refractivity contribution in [1.82, 2.24) is 9.80 Å². The van der Waals surface area contributed by atoms with Crippen molar-refractivity contribution in [1.29, 1.82) is 0 Å². The van der Waals surface area contributed by atoms with Gasteiger partial charge in [-0.05, 0) is 18.1 Å². The Bertz CT molecular complexity index is 751. The lowest BCUT2D eigenvalue weighted by atomic mass is 10.1. The topological polar surface area (TPSA) is 53.0 Å². The van der Waals surface area contributed by atoms with Crippen LogP contribution in [-0.4, -0.2) is 53.2 Å². The fourth-order valence-electron chi connectivity index (χ4n) is 3.75. The quantitative estimate of drug-likeness (QED) is 0.762. The first-order valence-corrected chi connectivity index (χ1v) is 10.1. The molecule has 1 aliphatic heterocycles. The summed E-state index contributed by atoms with van der Waals surface area (Å²) in [5.41, 5.74) is 2.26. The molecule has 0 saturated carbocycles. The van der Waals surface area contributed by atoms with Gasteiger partial charge in [0.05, 0.1) is 6.61 Å². The van der Waals surface area contributed by atoms with Crippen LogP contribution in [0, 0.1) is 0 Å². The molecule has 1 unspecified atom stereocenters. The second kappa shape index (κ2) is 10.2. The van der Waals surface area contributed by atoms with Crippen LogP contribution in [0.25, 0.3) is 0 Å². The van der Waals surface area contributed by atoms with Gasteiger partial charge in [-0.15, -0.1) is 0 Å². The van der Waals surface area contributed by atoms with Crippen molar-refractivity contribution in [2.75, 3.05) is 26.3 Å². The highest BCUT2D eigenvalue weighted by Crippen LogP contribution is 2.23. The molecule has 2 aromatic rings. The summed E-state index contributed by atoms with van der Waals surface area (Å²) < 4.78 is 5.68. The van der Waals surface area contributed by atoms with Crippen LogP contribution in [0.15, 0.2) is 54.6 Å². The van der Waals surface area contributed by atoms with Gasteiger partial charge in [0.15, 0.2) is 0 Å². The summed E-state index contributed by atoms with van der Waals surface area (Å²) in [5.74, 6) is 1.03. The average molecular weight is 383 g/mol. The summed E-state index contributed by atoms with van der Waals surface area (Å²) in [6.07, 6.45) is 1.46. The molecule has 1 N–H and O–H groups in total. The summed E-state index contributed by atoms with van der Waals surface area (Å²) in [6, 6.07) is 18.3. The van der Waals surface area contributed by atoms with Crippen LogP contribution in [0.1, 0.15) is 30.9 Å². The largest absolute Gasteiger partial charge is 0.491 e. The Morgan fingerprint density at radius 1 is 1.07 bits per heavy atom. The molecule has 5 heteroatoms. The highest BCUT2D eigenvalue weighted by Gasteiger charge is 2.28.